The first kappa shape index (κ1) is 19.8. The molecule has 0 saturated carbocycles. The monoisotopic (exact) mass is 420 g/mol. The predicted octanol–water partition coefficient (Wildman–Crippen LogP) is 4.36. The molecule has 2 aromatic heterocycles. The van der Waals surface area contributed by atoms with E-state index in [1.165, 1.54) is 16.0 Å². The predicted molar refractivity (Wildman–Crippen MR) is 118 cm³/mol. The lowest BCUT2D eigenvalue weighted by Gasteiger charge is -2.12. The van der Waals surface area contributed by atoms with Crippen LogP contribution in [0.2, 0.25) is 0 Å². The molecule has 0 saturated heterocycles. The molecular weight excluding hydrogens is 400 g/mol. The minimum Gasteiger partial charge on any atom is -0.496 e. The topological polar surface area (TPSA) is 86.1 Å². The highest BCUT2D eigenvalue weighted by Gasteiger charge is 2.19. The first-order valence-corrected chi connectivity index (χ1v) is 10.3. The summed E-state index contributed by atoms with van der Waals surface area (Å²) < 4.78 is 6.72. The minimum atomic E-state index is -0.415. The minimum absolute atomic E-state index is 0.175. The summed E-state index contributed by atoms with van der Waals surface area (Å²) in [6, 6.07) is 14.4. The fraction of sp³-hybridized carbons (Fsp3) is 0.182. The largest absolute Gasteiger partial charge is 0.496 e. The second-order valence-corrected chi connectivity index (χ2v) is 7.79. The van der Waals surface area contributed by atoms with E-state index in [9.17, 15) is 9.59 Å². The second kappa shape index (κ2) is 8.08. The summed E-state index contributed by atoms with van der Waals surface area (Å²) in [5.74, 6) is 0.291. The van der Waals surface area contributed by atoms with Crippen molar-refractivity contribution in [3.8, 4) is 17.0 Å². The number of benzene rings is 2. The third kappa shape index (κ3) is 3.57. The van der Waals surface area contributed by atoms with Gasteiger partial charge in [0.2, 0.25) is 0 Å². The number of hydrogen-bond acceptors (Lipinski definition) is 6. The highest BCUT2D eigenvalue weighted by Crippen LogP contribution is 2.32. The summed E-state index contributed by atoms with van der Waals surface area (Å²) in [4.78, 5) is 30.2. The van der Waals surface area contributed by atoms with E-state index >= 15 is 0 Å². The van der Waals surface area contributed by atoms with Crippen LogP contribution >= 0.6 is 11.3 Å². The molecule has 30 heavy (non-hydrogen) atoms. The number of ether oxygens (including phenoxy) is 1. The number of fused-ring (bicyclic) bond motifs is 1. The number of nitrogens with zero attached hydrogens (tertiary/aromatic N) is 3. The lowest BCUT2D eigenvalue weighted by Crippen LogP contribution is -2.28. The van der Waals surface area contributed by atoms with E-state index in [1.807, 2.05) is 43.5 Å². The Kier molecular flexibility index (Phi) is 5.33. The Morgan fingerprint density at radius 1 is 1.10 bits per heavy atom. The number of amides is 1. The molecule has 0 aliphatic carbocycles. The first-order valence-electron chi connectivity index (χ1n) is 9.41. The molecule has 152 valence electrons. The first-order chi connectivity index (χ1) is 14.5. The van der Waals surface area contributed by atoms with Crippen LogP contribution in [0.5, 0.6) is 5.75 Å². The van der Waals surface area contributed by atoms with Gasteiger partial charge in [0.1, 0.15) is 5.75 Å². The van der Waals surface area contributed by atoms with Crippen LogP contribution in [-0.4, -0.2) is 27.8 Å². The molecule has 4 rings (SSSR count). The fourth-order valence-corrected chi connectivity index (χ4v) is 3.90. The van der Waals surface area contributed by atoms with Gasteiger partial charge in [0.05, 0.1) is 24.2 Å². The molecular formula is C22H20N4O3S. The van der Waals surface area contributed by atoms with Gasteiger partial charge in [0, 0.05) is 16.3 Å². The van der Waals surface area contributed by atoms with Gasteiger partial charge in [0.25, 0.3) is 11.5 Å². The standard InChI is InChI=1S/C22H20N4O3S/c1-13(2)26-21(28)15-9-5-4-8-14(15)19(25-26)20(27)24-22-23-17(12-30-22)16-10-6-7-11-18(16)29-3/h4-13H,1-3H3,(H,23,24,27). The molecule has 2 heterocycles. The summed E-state index contributed by atoms with van der Waals surface area (Å²) in [5.41, 5.74) is 1.52. The van der Waals surface area contributed by atoms with Crippen molar-refractivity contribution < 1.29 is 9.53 Å². The zero-order valence-electron chi connectivity index (χ0n) is 16.7. The van der Waals surface area contributed by atoms with Gasteiger partial charge in [-0.05, 0) is 32.0 Å². The number of anilines is 1. The van der Waals surface area contributed by atoms with E-state index in [4.69, 9.17) is 4.74 Å². The Morgan fingerprint density at radius 2 is 1.80 bits per heavy atom. The number of thiazole rings is 1. The van der Waals surface area contributed by atoms with Crippen molar-refractivity contribution in [3.05, 3.63) is 70.0 Å². The molecule has 0 radical (unpaired) electrons. The number of para-hydroxylation sites is 1. The molecule has 4 aromatic rings. The second-order valence-electron chi connectivity index (χ2n) is 6.93. The highest BCUT2D eigenvalue weighted by atomic mass is 32.1. The molecule has 7 nitrogen and oxygen atoms in total. The molecule has 0 aliphatic rings. The van der Waals surface area contributed by atoms with Crippen LogP contribution in [0, 0.1) is 0 Å². The van der Waals surface area contributed by atoms with E-state index in [2.05, 4.69) is 15.4 Å². The van der Waals surface area contributed by atoms with Gasteiger partial charge in [-0.25, -0.2) is 9.67 Å². The molecule has 2 aromatic carbocycles. The summed E-state index contributed by atoms with van der Waals surface area (Å²) >= 11 is 1.31. The summed E-state index contributed by atoms with van der Waals surface area (Å²) in [6.07, 6.45) is 0. The van der Waals surface area contributed by atoms with Crippen LogP contribution in [0.3, 0.4) is 0 Å². The number of aromatic nitrogens is 3. The number of carbonyl (C=O) groups is 1. The molecule has 0 atom stereocenters. The summed E-state index contributed by atoms with van der Waals surface area (Å²) in [7, 11) is 1.61. The van der Waals surface area contributed by atoms with Crippen LogP contribution in [0.25, 0.3) is 22.0 Å². The number of methoxy groups -OCH3 is 1. The molecule has 8 heteroatoms. The molecule has 0 fully saturated rings. The van der Waals surface area contributed by atoms with Gasteiger partial charge < -0.3 is 4.74 Å². The van der Waals surface area contributed by atoms with Crippen LogP contribution in [0.4, 0.5) is 5.13 Å². The van der Waals surface area contributed by atoms with Gasteiger partial charge in [-0.3, -0.25) is 14.9 Å². The molecule has 0 unspecified atom stereocenters. The zero-order chi connectivity index (χ0) is 21.3. The van der Waals surface area contributed by atoms with Crippen LogP contribution < -0.4 is 15.6 Å². The fourth-order valence-electron chi connectivity index (χ4n) is 3.19. The van der Waals surface area contributed by atoms with Gasteiger partial charge in [-0.15, -0.1) is 11.3 Å². The van der Waals surface area contributed by atoms with Gasteiger partial charge in [-0.2, -0.15) is 5.10 Å². The zero-order valence-corrected chi connectivity index (χ0v) is 17.6. The molecule has 0 aliphatic heterocycles. The van der Waals surface area contributed by atoms with Crippen molar-refractivity contribution in [2.24, 2.45) is 0 Å². The lowest BCUT2D eigenvalue weighted by atomic mass is 10.1. The van der Waals surface area contributed by atoms with Gasteiger partial charge in [-0.1, -0.05) is 30.3 Å². The number of nitrogens with one attached hydrogen (secondary N) is 1. The smallest absolute Gasteiger partial charge is 0.278 e. The third-order valence-electron chi connectivity index (χ3n) is 4.64. The highest BCUT2D eigenvalue weighted by molar-refractivity contribution is 7.14. The Bertz CT molecular complexity index is 1290. The van der Waals surface area contributed by atoms with Crippen LogP contribution in [-0.2, 0) is 0 Å². The van der Waals surface area contributed by atoms with E-state index in [-0.39, 0.29) is 17.3 Å². The Hall–Kier alpha value is -3.52. The molecule has 0 bridgehead atoms. The summed E-state index contributed by atoms with van der Waals surface area (Å²) in [6.45, 7) is 3.70. The Morgan fingerprint density at radius 3 is 2.53 bits per heavy atom. The average Bonchev–Trinajstić information content (AvgIpc) is 3.22. The van der Waals surface area contributed by atoms with Crippen molar-refractivity contribution in [1.82, 2.24) is 14.8 Å². The number of carbonyl (C=O) groups excluding carboxylic acids is 1. The quantitative estimate of drug-likeness (QED) is 0.518. The average molecular weight is 420 g/mol. The van der Waals surface area contributed by atoms with E-state index in [1.54, 1.807) is 31.4 Å². The van der Waals surface area contributed by atoms with Crippen LogP contribution in [0.15, 0.2) is 58.7 Å². The maximum atomic E-state index is 13.0. The lowest BCUT2D eigenvalue weighted by molar-refractivity contribution is 0.102. The normalized spacial score (nSPS) is 11.1. The van der Waals surface area contributed by atoms with Crippen molar-refractivity contribution >= 4 is 33.1 Å². The van der Waals surface area contributed by atoms with Crippen molar-refractivity contribution in [2.75, 3.05) is 12.4 Å². The number of hydrogen-bond donors (Lipinski definition) is 1. The molecule has 1 N–H and O–H groups in total. The maximum absolute atomic E-state index is 13.0. The Labute approximate surface area is 177 Å². The van der Waals surface area contributed by atoms with Crippen molar-refractivity contribution in [1.29, 1.82) is 0 Å². The number of rotatable bonds is 5. The van der Waals surface area contributed by atoms with Gasteiger partial charge >= 0.3 is 0 Å². The van der Waals surface area contributed by atoms with Gasteiger partial charge in [0.15, 0.2) is 10.8 Å². The Balaban J connectivity index is 1.70. The SMILES string of the molecule is COc1ccccc1-c1csc(NC(=O)c2nn(C(C)C)c(=O)c3ccccc23)n1. The maximum Gasteiger partial charge on any atom is 0.278 e. The molecule has 1 amide bonds. The van der Waals surface area contributed by atoms with E-state index < -0.39 is 5.91 Å². The van der Waals surface area contributed by atoms with Crippen molar-refractivity contribution in [2.45, 2.75) is 19.9 Å². The van der Waals surface area contributed by atoms with Crippen LogP contribution in [0.1, 0.15) is 30.4 Å². The molecule has 0 spiro atoms. The third-order valence-corrected chi connectivity index (χ3v) is 5.40. The van der Waals surface area contributed by atoms with E-state index in [0.29, 0.717) is 27.3 Å². The summed E-state index contributed by atoms with van der Waals surface area (Å²) in [5, 5.41) is 10.4. The van der Waals surface area contributed by atoms with Crippen molar-refractivity contribution in [3.63, 3.8) is 0 Å². The van der Waals surface area contributed by atoms with E-state index in [0.717, 1.165) is 5.56 Å².